The van der Waals surface area contributed by atoms with Crippen molar-refractivity contribution >= 4 is 16.7 Å². The third-order valence-corrected chi connectivity index (χ3v) is 4.13. The fraction of sp³-hybridized carbons (Fsp3) is 0.438. The molecule has 1 aliphatic heterocycles. The number of aromatic amines is 1. The standard InChI is InChI=1S/C16H20N2O/c19-16(6-5-12-7-9-17-10-8-12)14-11-18-15-4-2-1-3-13(14)15/h1-4,11-12,17-18H,5-10H2. The molecule has 19 heavy (non-hydrogen) atoms. The number of nitrogens with one attached hydrogen (secondary N) is 2. The van der Waals surface area contributed by atoms with Crippen LogP contribution in [0.3, 0.4) is 0 Å². The van der Waals surface area contributed by atoms with E-state index in [2.05, 4.69) is 10.3 Å². The van der Waals surface area contributed by atoms with Gasteiger partial charge in [-0.15, -0.1) is 0 Å². The first kappa shape index (κ1) is 12.4. The first-order valence-corrected chi connectivity index (χ1v) is 7.14. The van der Waals surface area contributed by atoms with Crippen LogP contribution in [0.1, 0.15) is 36.0 Å². The highest BCUT2D eigenvalue weighted by molar-refractivity contribution is 6.07. The summed E-state index contributed by atoms with van der Waals surface area (Å²) in [5, 5.41) is 4.42. The number of piperidine rings is 1. The van der Waals surface area contributed by atoms with Crippen LogP contribution in [0.25, 0.3) is 10.9 Å². The molecule has 100 valence electrons. The van der Waals surface area contributed by atoms with Crippen molar-refractivity contribution in [1.82, 2.24) is 10.3 Å². The Hall–Kier alpha value is -1.61. The second-order valence-electron chi connectivity index (χ2n) is 5.40. The number of carbonyl (C=O) groups is 1. The Morgan fingerprint density at radius 3 is 2.84 bits per heavy atom. The summed E-state index contributed by atoms with van der Waals surface area (Å²) in [7, 11) is 0. The lowest BCUT2D eigenvalue weighted by atomic mass is 9.91. The number of H-pyrrole nitrogens is 1. The Kier molecular flexibility index (Phi) is 3.65. The van der Waals surface area contributed by atoms with E-state index in [1.807, 2.05) is 30.5 Å². The van der Waals surface area contributed by atoms with Crippen LogP contribution in [0.5, 0.6) is 0 Å². The van der Waals surface area contributed by atoms with Crippen LogP contribution < -0.4 is 5.32 Å². The molecule has 1 saturated heterocycles. The number of carbonyl (C=O) groups excluding carboxylic acids is 1. The maximum atomic E-state index is 12.3. The third kappa shape index (κ3) is 2.71. The van der Waals surface area contributed by atoms with Gasteiger partial charge in [0.2, 0.25) is 0 Å². The van der Waals surface area contributed by atoms with E-state index in [9.17, 15) is 4.79 Å². The van der Waals surface area contributed by atoms with Gasteiger partial charge >= 0.3 is 0 Å². The number of rotatable bonds is 4. The van der Waals surface area contributed by atoms with Gasteiger partial charge in [-0.05, 0) is 44.3 Å². The van der Waals surface area contributed by atoms with Gasteiger partial charge in [0.25, 0.3) is 0 Å². The number of ketones is 1. The molecule has 2 heterocycles. The monoisotopic (exact) mass is 256 g/mol. The second kappa shape index (κ2) is 5.57. The molecule has 0 saturated carbocycles. The largest absolute Gasteiger partial charge is 0.360 e. The minimum absolute atomic E-state index is 0.274. The summed E-state index contributed by atoms with van der Waals surface area (Å²) in [4.78, 5) is 15.5. The van der Waals surface area contributed by atoms with Crippen molar-refractivity contribution in [2.45, 2.75) is 25.7 Å². The van der Waals surface area contributed by atoms with E-state index in [4.69, 9.17) is 0 Å². The third-order valence-electron chi connectivity index (χ3n) is 4.13. The molecular weight excluding hydrogens is 236 g/mol. The quantitative estimate of drug-likeness (QED) is 0.825. The molecule has 2 N–H and O–H groups in total. The van der Waals surface area contributed by atoms with Crippen LogP contribution in [0, 0.1) is 5.92 Å². The molecule has 3 rings (SSSR count). The van der Waals surface area contributed by atoms with Gasteiger partial charge in [0, 0.05) is 29.1 Å². The van der Waals surface area contributed by atoms with Gasteiger partial charge < -0.3 is 10.3 Å². The zero-order valence-corrected chi connectivity index (χ0v) is 11.1. The molecule has 0 unspecified atom stereocenters. The van der Waals surface area contributed by atoms with Crippen LogP contribution in [-0.2, 0) is 0 Å². The average Bonchev–Trinajstić information content (AvgIpc) is 2.90. The van der Waals surface area contributed by atoms with Gasteiger partial charge in [0.05, 0.1) is 0 Å². The highest BCUT2D eigenvalue weighted by Crippen LogP contribution is 2.23. The predicted octanol–water partition coefficient (Wildman–Crippen LogP) is 3.13. The summed E-state index contributed by atoms with van der Waals surface area (Å²) in [5.74, 6) is 0.992. The topological polar surface area (TPSA) is 44.9 Å². The molecule has 3 heteroatoms. The first-order valence-electron chi connectivity index (χ1n) is 7.14. The summed E-state index contributed by atoms with van der Waals surface area (Å²) in [6.45, 7) is 2.21. The van der Waals surface area contributed by atoms with Crippen molar-refractivity contribution in [3.63, 3.8) is 0 Å². The normalized spacial score (nSPS) is 16.8. The molecule has 0 amide bonds. The van der Waals surface area contributed by atoms with Gasteiger partial charge in [-0.3, -0.25) is 4.79 Å². The summed E-state index contributed by atoms with van der Waals surface area (Å²) in [6.07, 6.45) is 5.98. The Bertz CT molecular complexity index is 567. The van der Waals surface area contributed by atoms with E-state index in [0.717, 1.165) is 41.9 Å². The molecule has 0 atom stereocenters. The molecule has 0 bridgehead atoms. The SMILES string of the molecule is O=C(CCC1CCNCC1)c1c[nH]c2ccccc12. The zero-order valence-electron chi connectivity index (χ0n) is 11.1. The maximum Gasteiger partial charge on any atom is 0.165 e. The van der Waals surface area contributed by atoms with Crippen LogP contribution in [0.15, 0.2) is 30.5 Å². The predicted molar refractivity (Wildman–Crippen MR) is 77.5 cm³/mol. The zero-order chi connectivity index (χ0) is 13.1. The van der Waals surface area contributed by atoms with Gasteiger partial charge in [-0.2, -0.15) is 0 Å². The molecule has 2 aromatic rings. The number of para-hydroxylation sites is 1. The molecule has 1 aliphatic rings. The minimum atomic E-state index is 0.274. The fourth-order valence-electron chi connectivity index (χ4n) is 2.94. The van der Waals surface area contributed by atoms with Crippen molar-refractivity contribution in [3.05, 3.63) is 36.0 Å². The van der Waals surface area contributed by atoms with Gasteiger partial charge in [-0.1, -0.05) is 18.2 Å². The maximum absolute atomic E-state index is 12.3. The molecule has 0 spiro atoms. The van der Waals surface area contributed by atoms with Gasteiger partial charge in [0.1, 0.15) is 0 Å². The van der Waals surface area contributed by atoms with Gasteiger partial charge in [-0.25, -0.2) is 0 Å². The van der Waals surface area contributed by atoms with Crippen molar-refractivity contribution in [2.24, 2.45) is 5.92 Å². The number of hydrogen-bond acceptors (Lipinski definition) is 2. The Morgan fingerprint density at radius 1 is 1.21 bits per heavy atom. The van der Waals surface area contributed by atoms with Gasteiger partial charge in [0.15, 0.2) is 5.78 Å². The van der Waals surface area contributed by atoms with E-state index in [1.165, 1.54) is 12.8 Å². The molecule has 1 aromatic carbocycles. The number of aromatic nitrogens is 1. The van der Waals surface area contributed by atoms with E-state index < -0.39 is 0 Å². The summed E-state index contributed by atoms with van der Waals surface area (Å²) in [6, 6.07) is 8.00. The first-order chi connectivity index (χ1) is 9.34. The molecule has 1 aromatic heterocycles. The lowest BCUT2D eigenvalue weighted by Crippen LogP contribution is -2.27. The number of fused-ring (bicyclic) bond motifs is 1. The second-order valence-corrected chi connectivity index (χ2v) is 5.40. The van der Waals surface area contributed by atoms with Crippen molar-refractivity contribution < 1.29 is 4.79 Å². The smallest absolute Gasteiger partial charge is 0.165 e. The summed E-state index contributed by atoms with van der Waals surface area (Å²) >= 11 is 0. The Balaban J connectivity index is 1.66. The highest BCUT2D eigenvalue weighted by atomic mass is 16.1. The van der Waals surface area contributed by atoms with Crippen molar-refractivity contribution in [1.29, 1.82) is 0 Å². The summed E-state index contributed by atoms with van der Waals surface area (Å²) in [5.41, 5.74) is 1.90. The summed E-state index contributed by atoms with van der Waals surface area (Å²) < 4.78 is 0. The number of Topliss-reactive ketones (excluding diaryl/α,β-unsaturated/α-hetero) is 1. The molecule has 3 nitrogen and oxygen atoms in total. The Morgan fingerprint density at radius 2 is 2.00 bits per heavy atom. The molecule has 0 radical (unpaired) electrons. The lowest BCUT2D eigenvalue weighted by molar-refractivity contribution is 0.0972. The van der Waals surface area contributed by atoms with E-state index in [1.54, 1.807) is 0 Å². The van der Waals surface area contributed by atoms with Crippen molar-refractivity contribution in [2.75, 3.05) is 13.1 Å². The molecule has 1 fully saturated rings. The van der Waals surface area contributed by atoms with Crippen molar-refractivity contribution in [3.8, 4) is 0 Å². The van der Waals surface area contributed by atoms with Crippen LogP contribution in [-0.4, -0.2) is 23.9 Å². The highest BCUT2D eigenvalue weighted by Gasteiger charge is 2.16. The number of benzene rings is 1. The van der Waals surface area contributed by atoms with E-state index >= 15 is 0 Å². The van der Waals surface area contributed by atoms with E-state index in [-0.39, 0.29) is 5.78 Å². The molecular formula is C16H20N2O. The minimum Gasteiger partial charge on any atom is -0.360 e. The van der Waals surface area contributed by atoms with Crippen LogP contribution in [0.4, 0.5) is 0 Å². The molecule has 0 aliphatic carbocycles. The van der Waals surface area contributed by atoms with E-state index in [0.29, 0.717) is 6.42 Å². The fourth-order valence-corrected chi connectivity index (χ4v) is 2.94. The lowest BCUT2D eigenvalue weighted by Gasteiger charge is -2.21. The van der Waals surface area contributed by atoms with Crippen LogP contribution in [0.2, 0.25) is 0 Å². The van der Waals surface area contributed by atoms with Crippen LogP contribution >= 0.6 is 0 Å². The Labute approximate surface area is 113 Å². The average molecular weight is 256 g/mol. The number of hydrogen-bond donors (Lipinski definition) is 2.